The number of halogens is 2. The van der Waals surface area contributed by atoms with Crippen molar-refractivity contribution in [3.63, 3.8) is 0 Å². The highest BCUT2D eigenvalue weighted by Crippen LogP contribution is 2.31. The van der Waals surface area contributed by atoms with Gasteiger partial charge in [0.15, 0.2) is 11.5 Å². The molecule has 38 heavy (non-hydrogen) atoms. The van der Waals surface area contributed by atoms with Crippen LogP contribution in [0.25, 0.3) is 6.08 Å². The van der Waals surface area contributed by atoms with Crippen LogP contribution in [0, 0.1) is 5.92 Å². The van der Waals surface area contributed by atoms with Crippen LogP contribution in [0.3, 0.4) is 0 Å². The molecule has 1 aliphatic heterocycles. The molecule has 0 aromatic heterocycles. The number of carbonyl (C=O) groups is 1. The van der Waals surface area contributed by atoms with E-state index in [0.717, 1.165) is 43.0 Å². The summed E-state index contributed by atoms with van der Waals surface area (Å²) in [5.74, 6) is 0.643. The molecule has 1 saturated carbocycles. The Morgan fingerprint density at radius 1 is 1.05 bits per heavy atom. The molecular weight excluding hydrogens is 486 g/mol. The molecule has 1 saturated heterocycles. The van der Waals surface area contributed by atoms with Gasteiger partial charge in [-0.2, -0.15) is 8.78 Å². The minimum Gasteiger partial charge on any atom is -0.493 e. The maximum absolute atomic E-state index is 13.9. The molecule has 1 heterocycles. The second-order valence-electron chi connectivity index (χ2n) is 10.6. The molecular formula is C31H40F2N2O3. The van der Waals surface area contributed by atoms with Crippen molar-refractivity contribution < 1.29 is 23.0 Å². The number of benzene rings is 2. The van der Waals surface area contributed by atoms with Crippen LogP contribution < -0.4 is 9.47 Å². The van der Waals surface area contributed by atoms with Gasteiger partial charge in [-0.25, -0.2) is 0 Å². The van der Waals surface area contributed by atoms with Gasteiger partial charge in [0.2, 0.25) is 0 Å². The first-order valence-corrected chi connectivity index (χ1v) is 13.8. The molecule has 0 unspecified atom stereocenters. The van der Waals surface area contributed by atoms with Gasteiger partial charge in [-0.3, -0.25) is 9.69 Å². The number of hydrogen-bond donors (Lipinski definition) is 0. The van der Waals surface area contributed by atoms with Gasteiger partial charge in [-0.15, -0.1) is 0 Å². The van der Waals surface area contributed by atoms with E-state index >= 15 is 0 Å². The van der Waals surface area contributed by atoms with Crippen molar-refractivity contribution in [1.29, 1.82) is 0 Å². The molecule has 2 aromatic rings. The zero-order valence-electron chi connectivity index (χ0n) is 22.6. The Bertz CT molecular complexity index is 1070. The summed E-state index contributed by atoms with van der Waals surface area (Å²) in [5, 5.41) is 0. The summed E-state index contributed by atoms with van der Waals surface area (Å²) in [6.45, 7) is 2.38. The van der Waals surface area contributed by atoms with E-state index in [0.29, 0.717) is 24.7 Å². The zero-order chi connectivity index (χ0) is 26.9. The molecule has 2 aliphatic rings. The van der Waals surface area contributed by atoms with E-state index in [1.54, 1.807) is 6.07 Å². The van der Waals surface area contributed by atoms with E-state index < -0.39 is 6.61 Å². The molecule has 206 valence electrons. The van der Waals surface area contributed by atoms with Gasteiger partial charge < -0.3 is 14.4 Å². The summed E-state index contributed by atoms with van der Waals surface area (Å²) in [6.07, 6.45) is 10.9. The Morgan fingerprint density at radius 3 is 2.53 bits per heavy atom. The average molecular weight is 527 g/mol. The molecule has 0 radical (unpaired) electrons. The molecule has 0 bridgehead atoms. The lowest BCUT2D eigenvalue weighted by Gasteiger charge is -2.34. The van der Waals surface area contributed by atoms with Gasteiger partial charge in [-0.1, -0.05) is 61.2 Å². The van der Waals surface area contributed by atoms with Crippen molar-refractivity contribution in [3.8, 4) is 11.5 Å². The highest BCUT2D eigenvalue weighted by molar-refractivity contribution is 5.95. The molecule has 4 rings (SSSR count). The number of nitrogens with zero attached hydrogens (tertiary/aromatic N) is 2. The lowest BCUT2D eigenvalue weighted by Crippen LogP contribution is -2.45. The van der Waals surface area contributed by atoms with Gasteiger partial charge in [0, 0.05) is 31.2 Å². The lowest BCUT2D eigenvalue weighted by molar-refractivity contribution is -0.0512. The third-order valence-electron chi connectivity index (χ3n) is 7.71. The number of methoxy groups -OCH3 is 1. The first kappa shape index (κ1) is 28.1. The fourth-order valence-corrected chi connectivity index (χ4v) is 5.87. The highest BCUT2D eigenvalue weighted by Gasteiger charge is 2.31. The lowest BCUT2D eigenvalue weighted by atomic mass is 9.89. The number of rotatable bonds is 11. The van der Waals surface area contributed by atoms with Gasteiger partial charge in [-0.05, 0) is 68.8 Å². The van der Waals surface area contributed by atoms with E-state index in [9.17, 15) is 13.6 Å². The standard InChI is InChI=1S/C31H40F2N2O3/c1-23(18-24-10-5-3-6-11-24)20-35(22-27-14-9-17-34(27)21-25-12-7-4-8-13-25)30(36)26-15-16-28(38-31(32)33)29(19-26)37-2/h3,5-6,10-11,15-16,18-19,25,27,31H,4,7-9,12-14,17,20-22H2,1-2H3/t27-/m0/s1. The van der Waals surface area contributed by atoms with Crippen molar-refractivity contribution in [3.05, 3.63) is 65.2 Å². The van der Waals surface area contributed by atoms with Crippen molar-refractivity contribution in [2.45, 2.75) is 64.5 Å². The third kappa shape index (κ3) is 7.79. The Balaban J connectivity index is 1.55. The van der Waals surface area contributed by atoms with Crippen LogP contribution in [-0.4, -0.2) is 61.6 Å². The smallest absolute Gasteiger partial charge is 0.387 e. The maximum atomic E-state index is 13.9. The monoisotopic (exact) mass is 526 g/mol. The number of carbonyl (C=O) groups excluding carboxylic acids is 1. The Morgan fingerprint density at radius 2 is 1.82 bits per heavy atom. The van der Waals surface area contributed by atoms with Crippen LogP contribution in [0.1, 0.15) is 67.8 Å². The molecule has 1 atom stereocenters. The van der Waals surface area contributed by atoms with E-state index in [1.807, 2.05) is 42.2 Å². The summed E-state index contributed by atoms with van der Waals surface area (Å²) in [6, 6.07) is 14.8. The predicted octanol–water partition coefficient (Wildman–Crippen LogP) is 6.89. The first-order valence-electron chi connectivity index (χ1n) is 13.8. The summed E-state index contributed by atoms with van der Waals surface area (Å²) in [7, 11) is 1.38. The van der Waals surface area contributed by atoms with Crippen molar-refractivity contribution >= 4 is 12.0 Å². The van der Waals surface area contributed by atoms with Gasteiger partial charge in [0.25, 0.3) is 5.91 Å². The quantitative estimate of drug-likeness (QED) is 0.320. The van der Waals surface area contributed by atoms with Crippen LogP contribution in [0.5, 0.6) is 11.5 Å². The fraction of sp³-hybridized carbons (Fsp3) is 0.516. The van der Waals surface area contributed by atoms with Crippen molar-refractivity contribution in [1.82, 2.24) is 9.80 Å². The minimum atomic E-state index is -2.97. The normalized spacial score (nSPS) is 19.1. The number of amides is 1. The second-order valence-corrected chi connectivity index (χ2v) is 10.6. The summed E-state index contributed by atoms with van der Waals surface area (Å²) < 4.78 is 35.4. The van der Waals surface area contributed by atoms with Crippen LogP contribution in [0.4, 0.5) is 8.78 Å². The average Bonchev–Trinajstić information content (AvgIpc) is 3.35. The van der Waals surface area contributed by atoms with Gasteiger partial charge in [0.1, 0.15) is 0 Å². The van der Waals surface area contributed by atoms with Gasteiger partial charge >= 0.3 is 6.61 Å². The van der Waals surface area contributed by atoms with Crippen molar-refractivity contribution in [2.24, 2.45) is 5.92 Å². The van der Waals surface area contributed by atoms with Gasteiger partial charge in [0.05, 0.1) is 7.11 Å². The minimum absolute atomic E-state index is 0.0831. The van der Waals surface area contributed by atoms with Crippen LogP contribution in [0.2, 0.25) is 0 Å². The SMILES string of the molecule is COc1cc(C(=O)N(CC(C)=Cc2ccccc2)C[C@@H]2CCCN2CC2CCCCC2)ccc1OC(F)F. The fourth-order valence-electron chi connectivity index (χ4n) is 5.87. The molecule has 5 nitrogen and oxygen atoms in total. The summed E-state index contributed by atoms with van der Waals surface area (Å²) in [4.78, 5) is 18.3. The van der Waals surface area contributed by atoms with Crippen LogP contribution in [-0.2, 0) is 0 Å². The molecule has 0 spiro atoms. The zero-order valence-corrected chi connectivity index (χ0v) is 22.6. The maximum Gasteiger partial charge on any atom is 0.387 e. The topological polar surface area (TPSA) is 42.0 Å². The van der Waals surface area contributed by atoms with E-state index in [2.05, 4.69) is 15.7 Å². The summed E-state index contributed by atoms with van der Waals surface area (Å²) in [5.41, 5.74) is 2.56. The number of alkyl halides is 2. The van der Waals surface area contributed by atoms with Crippen LogP contribution >= 0.6 is 0 Å². The predicted molar refractivity (Wildman–Crippen MR) is 147 cm³/mol. The van der Waals surface area contributed by atoms with E-state index in [-0.39, 0.29) is 17.4 Å². The third-order valence-corrected chi connectivity index (χ3v) is 7.71. The highest BCUT2D eigenvalue weighted by atomic mass is 19.3. The molecule has 1 aliphatic carbocycles. The summed E-state index contributed by atoms with van der Waals surface area (Å²) >= 11 is 0. The first-order chi connectivity index (χ1) is 18.4. The number of hydrogen-bond acceptors (Lipinski definition) is 4. The largest absolute Gasteiger partial charge is 0.493 e. The molecule has 7 heteroatoms. The number of ether oxygens (including phenoxy) is 2. The molecule has 0 N–H and O–H groups in total. The molecule has 2 aromatic carbocycles. The Hall–Kier alpha value is -2.93. The Kier molecular flexibility index (Phi) is 10.2. The van der Waals surface area contributed by atoms with E-state index in [1.165, 1.54) is 51.3 Å². The molecule has 1 amide bonds. The Labute approximate surface area is 225 Å². The number of likely N-dealkylation sites (tertiary alicyclic amines) is 1. The molecule has 2 fully saturated rings. The van der Waals surface area contributed by atoms with Crippen molar-refractivity contribution in [2.75, 3.05) is 33.3 Å². The van der Waals surface area contributed by atoms with Crippen LogP contribution in [0.15, 0.2) is 54.1 Å². The van der Waals surface area contributed by atoms with E-state index in [4.69, 9.17) is 4.74 Å². The second kappa shape index (κ2) is 13.7.